The molecule has 8 heteroatoms. The molecule has 0 spiro atoms. The van der Waals surface area contributed by atoms with Gasteiger partial charge in [-0.25, -0.2) is 0 Å². The molecule has 2 aromatic rings. The molecule has 2 aliphatic heterocycles. The maximum Gasteiger partial charge on any atom is 0.293 e. The van der Waals surface area contributed by atoms with Gasteiger partial charge in [0, 0.05) is 23.7 Å². The molecule has 0 bridgehead atoms. The third-order valence-electron chi connectivity index (χ3n) is 4.97. The van der Waals surface area contributed by atoms with Gasteiger partial charge in [0.05, 0.1) is 11.0 Å². The molecule has 1 saturated heterocycles. The maximum absolute atomic E-state index is 11.6. The molecule has 2 aliphatic rings. The molecule has 1 atom stereocenters. The fourth-order valence-corrected chi connectivity index (χ4v) is 3.80. The number of benzene rings is 2. The molecule has 8 nitrogen and oxygen atoms in total. The van der Waals surface area contributed by atoms with Crippen molar-refractivity contribution < 1.29 is 19.2 Å². The van der Waals surface area contributed by atoms with Gasteiger partial charge in [0.1, 0.15) is 18.9 Å². The summed E-state index contributed by atoms with van der Waals surface area (Å²) in [5.74, 6) is 0.714. The molecule has 2 aromatic carbocycles. The van der Waals surface area contributed by atoms with E-state index in [1.165, 1.54) is 12.1 Å². The van der Waals surface area contributed by atoms with E-state index in [9.17, 15) is 14.9 Å². The van der Waals surface area contributed by atoms with E-state index in [2.05, 4.69) is 0 Å². The average Bonchev–Trinajstić information content (AvgIpc) is 3.16. The Hall–Kier alpha value is -3.29. The number of para-hydroxylation sites is 1. The van der Waals surface area contributed by atoms with Crippen LogP contribution in [0.5, 0.6) is 11.5 Å². The fourth-order valence-electron chi connectivity index (χ4n) is 3.80. The van der Waals surface area contributed by atoms with Crippen molar-refractivity contribution in [3.05, 3.63) is 57.6 Å². The lowest BCUT2D eigenvalue weighted by atomic mass is 10.0. The van der Waals surface area contributed by atoms with Crippen LogP contribution in [0.1, 0.15) is 34.8 Å². The number of amides is 1. The number of carbonyl (C=O) groups excluding carboxylic acids is 1. The van der Waals surface area contributed by atoms with Gasteiger partial charge in [-0.3, -0.25) is 14.9 Å². The van der Waals surface area contributed by atoms with Gasteiger partial charge >= 0.3 is 0 Å². The number of rotatable bonds is 4. The van der Waals surface area contributed by atoms with Crippen LogP contribution in [0.3, 0.4) is 0 Å². The molecule has 2 heterocycles. The van der Waals surface area contributed by atoms with Gasteiger partial charge < -0.3 is 20.1 Å². The number of anilines is 1. The fraction of sp³-hybridized carbons (Fsp3) is 0.316. The molecule has 1 fully saturated rings. The Morgan fingerprint density at radius 3 is 2.81 bits per heavy atom. The zero-order chi connectivity index (χ0) is 19.0. The van der Waals surface area contributed by atoms with Crippen molar-refractivity contribution in [2.45, 2.75) is 18.9 Å². The van der Waals surface area contributed by atoms with Crippen molar-refractivity contribution in [3.8, 4) is 11.5 Å². The maximum atomic E-state index is 11.6. The molecule has 1 unspecified atom stereocenters. The lowest BCUT2D eigenvalue weighted by Crippen LogP contribution is -2.25. The number of hydrogen-bond donors (Lipinski definition) is 1. The Morgan fingerprint density at radius 1 is 1.22 bits per heavy atom. The van der Waals surface area contributed by atoms with E-state index < -0.39 is 10.8 Å². The van der Waals surface area contributed by atoms with E-state index in [4.69, 9.17) is 15.2 Å². The molecular weight excluding hydrogens is 350 g/mol. The number of carbonyl (C=O) groups is 1. The normalized spacial score (nSPS) is 18.4. The highest BCUT2D eigenvalue weighted by Crippen LogP contribution is 2.46. The first kappa shape index (κ1) is 17.1. The van der Waals surface area contributed by atoms with E-state index in [0.29, 0.717) is 36.9 Å². The number of fused-ring (bicyclic) bond motifs is 1. The van der Waals surface area contributed by atoms with Crippen LogP contribution in [0.15, 0.2) is 36.4 Å². The largest absolute Gasteiger partial charge is 0.486 e. The van der Waals surface area contributed by atoms with Crippen molar-refractivity contribution in [2.24, 2.45) is 5.73 Å². The van der Waals surface area contributed by atoms with Gasteiger partial charge in [0.2, 0.25) is 5.91 Å². The van der Waals surface area contributed by atoms with Crippen LogP contribution in [0.25, 0.3) is 0 Å². The quantitative estimate of drug-likeness (QED) is 0.656. The first-order chi connectivity index (χ1) is 13.1. The summed E-state index contributed by atoms with van der Waals surface area (Å²) in [6.07, 6.45) is 1.73. The van der Waals surface area contributed by atoms with Crippen molar-refractivity contribution in [3.63, 3.8) is 0 Å². The molecule has 0 aromatic heterocycles. The van der Waals surface area contributed by atoms with Gasteiger partial charge in [0.25, 0.3) is 5.69 Å². The summed E-state index contributed by atoms with van der Waals surface area (Å²) in [4.78, 5) is 24.5. The van der Waals surface area contributed by atoms with Crippen LogP contribution >= 0.6 is 0 Å². The van der Waals surface area contributed by atoms with Crippen molar-refractivity contribution in [2.75, 3.05) is 24.7 Å². The summed E-state index contributed by atoms with van der Waals surface area (Å²) < 4.78 is 11.5. The van der Waals surface area contributed by atoms with Crippen LogP contribution < -0.4 is 20.1 Å². The molecule has 27 heavy (non-hydrogen) atoms. The minimum absolute atomic E-state index is 0.0696. The minimum Gasteiger partial charge on any atom is -0.486 e. The number of ether oxygens (including phenoxy) is 2. The number of nitro groups is 1. The summed E-state index contributed by atoms with van der Waals surface area (Å²) in [5.41, 5.74) is 6.70. The summed E-state index contributed by atoms with van der Waals surface area (Å²) in [7, 11) is 0. The Labute approximate surface area is 155 Å². The summed E-state index contributed by atoms with van der Waals surface area (Å²) in [6, 6.07) is 10.0. The van der Waals surface area contributed by atoms with Crippen molar-refractivity contribution in [1.82, 2.24) is 0 Å². The Bertz CT molecular complexity index is 914. The molecule has 0 radical (unpaired) electrons. The second-order valence-electron chi connectivity index (χ2n) is 6.55. The summed E-state index contributed by atoms with van der Waals surface area (Å²) in [6.45, 7) is 1.65. The minimum atomic E-state index is -0.690. The highest BCUT2D eigenvalue weighted by molar-refractivity contribution is 5.94. The SMILES string of the molecule is NC(=O)c1ccc(N2CCCC2c2cccc3c2OCCO3)c([N+](=O)[O-])c1. The molecule has 1 amide bonds. The Balaban J connectivity index is 1.77. The van der Waals surface area contributed by atoms with Crippen LogP contribution in [-0.2, 0) is 0 Å². The van der Waals surface area contributed by atoms with Gasteiger partial charge in [-0.1, -0.05) is 12.1 Å². The van der Waals surface area contributed by atoms with Crippen LogP contribution in [-0.4, -0.2) is 30.6 Å². The average molecular weight is 369 g/mol. The van der Waals surface area contributed by atoms with E-state index >= 15 is 0 Å². The second kappa shape index (κ2) is 6.79. The first-order valence-electron chi connectivity index (χ1n) is 8.79. The molecular formula is C19H19N3O5. The second-order valence-corrected chi connectivity index (χ2v) is 6.55. The molecule has 4 rings (SSSR count). The highest BCUT2D eigenvalue weighted by atomic mass is 16.6. The van der Waals surface area contributed by atoms with E-state index in [1.54, 1.807) is 6.07 Å². The van der Waals surface area contributed by atoms with Crippen LogP contribution in [0, 0.1) is 10.1 Å². The van der Waals surface area contributed by atoms with Crippen LogP contribution in [0.4, 0.5) is 11.4 Å². The predicted molar refractivity (Wildman–Crippen MR) is 98.4 cm³/mol. The first-order valence-corrected chi connectivity index (χ1v) is 8.79. The third-order valence-corrected chi connectivity index (χ3v) is 4.97. The number of primary amides is 1. The summed E-state index contributed by atoms with van der Waals surface area (Å²) >= 11 is 0. The number of nitro benzene ring substituents is 1. The highest BCUT2D eigenvalue weighted by Gasteiger charge is 2.34. The molecule has 0 aliphatic carbocycles. The topological polar surface area (TPSA) is 108 Å². The van der Waals surface area contributed by atoms with E-state index in [1.807, 2.05) is 23.1 Å². The predicted octanol–water partition coefficient (Wildman–Crippen LogP) is 2.81. The smallest absolute Gasteiger partial charge is 0.293 e. The van der Waals surface area contributed by atoms with E-state index in [-0.39, 0.29) is 17.3 Å². The molecule has 2 N–H and O–H groups in total. The lowest BCUT2D eigenvalue weighted by Gasteiger charge is -2.30. The monoisotopic (exact) mass is 369 g/mol. The standard InChI is InChI=1S/C19H19N3O5/c20-19(23)12-6-7-15(16(11-12)22(24)25)21-8-2-4-14(21)13-3-1-5-17-18(13)27-10-9-26-17/h1,3,5-7,11,14H,2,4,8-10H2,(H2,20,23). The zero-order valence-corrected chi connectivity index (χ0v) is 14.6. The molecule has 140 valence electrons. The zero-order valence-electron chi connectivity index (χ0n) is 14.6. The third kappa shape index (κ3) is 3.03. The lowest BCUT2D eigenvalue weighted by molar-refractivity contribution is -0.384. The van der Waals surface area contributed by atoms with Crippen molar-refractivity contribution >= 4 is 17.3 Å². The van der Waals surface area contributed by atoms with Crippen molar-refractivity contribution in [1.29, 1.82) is 0 Å². The van der Waals surface area contributed by atoms with Gasteiger partial charge in [-0.05, 0) is 31.0 Å². The number of nitrogens with zero attached hydrogens (tertiary/aromatic N) is 2. The van der Waals surface area contributed by atoms with Gasteiger partial charge in [-0.15, -0.1) is 0 Å². The van der Waals surface area contributed by atoms with Gasteiger partial charge in [0.15, 0.2) is 11.5 Å². The summed E-state index contributed by atoms with van der Waals surface area (Å²) in [5, 5.41) is 11.6. The Kier molecular flexibility index (Phi) is 4.31. The van der Waals surface area contributed by atoms with Crippen LogP contribution in [0.2, 0.25) is 0 Å². The van der Waals surface area contributed by atoms with Gasteiger partial charge in [-0.2, -0.15) is 0 Å². The Morgan fingerprint density at radius 2 is 2.04 bits per heavy atom. The van der Waals surface area contributed by atoms with E-state index in [0.717, 1.165) is 18.4 Å². The molecule has 0 saturated carbocycles. The number of nitrogens with two attached hydrogens (primary N) is 1. The number of hydrogen-bond acceptors (Lipinski definition) is 6.